The Balaban J connectivity index is 2.01. The van der Waals surface area contributed by atoms with Crippen molar-refractivity contribution in [3.63, 3.8) is 0 Å². The summed E-state index contributed by atoms with van der Waals surface area (Å²) in [5.74, 6) is -0.693. The van der Waals surface area contributed by atoms with Crippen molar-refractivity contribution in [1.82, 2.24) is 15.1 Å². The Morgan fingerprint density at radius 1 is 1.14 bits per heavy atom. The van der Waals surface area contributed by atoms with E-state index in [0.717, 1.165) is 16.9 Å². The first-order chi connectivity index (χ1) is 10.7. The third-order valence-electron chi connectivity index (χ3n) is 3.56. The van der Waals surface area contributed by atoms with Crippen molar-refractivity contribution in [3.8, 4) is 16.9 Å². The molecule has 1 aliphatic rings. The van der Waals surface area contributed by atoms with E-state index in [1.54, 1.807) is 16.0 Å². The Labute approximate surface area is 130 Å². The van der Waals surface area contributed by atoms with Gasteiger partial charge in [-0.3, -0.25) is 14.9 Å². The fraction of sp³-hybridized carbons (Fsp3) is 0.0625. The average molecular weight is 309 g/mol. The van der Waals surface area contributed by atoms with Crippen LogP contribution in [0.15, 0.2) is 47.2 Å². The summed E-state index contributed by atoms with van der Waals surface area (Å²) in [7, 11) is 0. The molecule has 0 fully saturated rings. The summed E-state index contributed by atoms with van der Waals surface area (Å²) in [4.78, 5) is 23.9. The highest BCUT2D eigenvalue weighted by atomic mass is 32.1. The molecule has 0 aliphatic carbocycles. The third kappa shape index (κ3) is 1.96. The standard InChI is InChI=1S/C16H11N3O2S/c20-13-8-12-14(16(21)17-13)15(10-6-7-22-9-10)19(18-12)11-4-2-1-3-5-11/h1-7,9H,8H2,(H,17,20,21). The van der Waals surface area contributed by atoms with Crippen LogP contribution in [-0.2, 0) is 11.2 Å². The first kappa shape index (κ1) is 13.0. The van der Waals surface area contributed by atoms with E-state index in [1.165, 1.54) is 0 Å². The van der Waals surface area contributed by atoms with Crippen molar-refractivity contribution < 1.29 is 9.59 Å². The van der Waals surface area contributed by atoms with Crippen molar-refractivity contribution in [3.05, 3.63) is 58.4 Å². The molecule has 1 aliphatic heterocycles. The zero-order chi connectivity index (χ0) is 15.1. The quantitative estimate of drug-likeness (QED) is 0.739. The Morgan fingerprint density at radius 2 is 1.95 bits per heavy atom. The topological polar surface area (TPSA) is 64.0 Å². The number of thiophene rings is 1. The average Bonchev–Trinajstić information content (AvgIpc) is 3.14. The van der Waals surface area contributed by atoms with Crippen LogP contribution in [0.5, 0.6) is 0 Å². The van der Waals surface area contributed by atoms with Crippen molar-refractivity contribution >= 4 is 23.2 Å². The molecule has 6 heteroatoms. The number of hydrogen-bond donors (Lipinski definition) is 1. The molecule has 0 radical (unpaired) electrons. The van der Waals surface area contributed by atoms with Gasteiger partial charge in [0, 0.05) is 10.9 Å². The number of nitrogens with zero attached hydrogens (tertiary/aromatic N) is 2. The second-order valence-corrected chi connectivity index (χ2v) is 5.76. The number of benzene rings is 1. The lowest BCUT2D eigenvalue weighted by atomic mass is 10.0. The summed E-state index contributed by atoms with van der Waals surface area (Å²) in [5.41, 5.74) is 3.53. The summed E-state index contributed by atoms with van der Waals surface area (Å²) < 4.78 is 1.74. The van der Waals surface area contributed by atoms with Crippen LogP contribution in [0.3, 0.4) is 0 Å². The number of nitrogens with one attached hydrogen (secondary N) is 1. The van der Waals surface area contributed by atoms with Gasteiger partial charge in [0.15, 0.2) is 0 Å². The molecule has 3 aromatic rings. The minimum Gasteiger partial charge on any atom is -0.292 e. The van der Waals surface area contributed by atoms with Gasteiger partial charge >= 0.3 is 0 Å². The van der Waals surface area contributed by atoms with Crippen LogP contribution in [0.2, 0.25) is 0 Å². The second kappa shape index (κ2) is 4.92. The lowest BCUT2D eigenvalue weighted by Crippen LogP contribution is -2.37. The molecule has 5 nitrogen and oxygen atoms in total. The lowest BCUT2D eigenvalue weighted by molar-refractivity contribution is -0.119. The molecule has 108 valence electrons. The molecule has 2 amide bonds. The number of para-hydroxylation sites is 1. The second-order valence-electron chi connectivity index (χ2n) is 4.98. The highest BCUT2D eigenvalue weighted by Gasteiger charge is 2.31. The molecular formula is C16H11N3O2S. The smallest absolute Gasteiger partial charge is 0.262 e. The number of hydrogen-bond acceptors (Lipinski definition) is 4. The maximum atomic E-state index is 12.3. The van der Waals surface area contributed by atoms with Gasteiger partial charge in [0.25, 0.3) is 5.91 Å². The van der Waals surface area contributed by atoms with Gasteiger partial charge in [0.1, 0.15) is 0 Å². The van der Waals surface area contributed by atoms with Crippen LogP contribution < -0.4 is 5.32 Å². The maximum absolute atomic E-state index is 12.3. The summed E-state index contributed by atoms with van der Waals surface area (Å²) >= 11 is 1.55. The molecule has 4 rings (SSSR count). The summed E-state index contributed by atoms with van der Waals surface area (Å²) in [6.45, 7) is 0. The number of rotatable bonds is 2. The van der Waals surface area contributed by atoms with E-state index in [4.69, 9.17) is 0 Å². The van der Waals surface area contributed by atoms with Crippen molar-refractivity contribution in [2.45, 2.75) is 6.42 Å². The highest BCUT2D eigenvalue weighted by Crippen LogP contribution is 2.32. The molecular weight excluding hydrogens is 298 g/mol. The molecule has 0 unspecified atom stereocenters. The van der Waals surface area contributed by atoms with Gasteiger partial charge in [-0.1, -0.05) is 18.2 Å². The zero-order valence-corrected chi connectivity index (χ0v) is 12.3. The van der Waals surface area contributed by atoms with E-state index < -0.39 is 0 Å². The molecule has 0 atom stereocenters. The fourth-order valence-electron chi connectivity index (χ4n) is 2.63. The van der Waals surface area contributed by atoms with Crippen LogP contribution in [-0.4, -0.2) is 21.6 Å². The van der Waals surface area contributed by atoms with Gasteiger partial charge in [-0.2, -0.15) is 16.4 Å². The molecule has 3 heterocycles. The molecule has 2 aromatic heterocycles. The van der Waals surface area contributed by atoms with E-state index in [9.17, 15) is 9.59 Å². The van der Waals surface area contributed by atoms with Gasteiger partial charge in [0.05, 0.1) is 29.1 Å². The van der Waals surface area contributed by atoms with Gasteiger partial charge in [-0.05, 0) is 23.6 Å². The normalized spacial score (nSPS) is 13.8. The van der Waals surface area contributed by atoms with Gasteiger partial charge in [0.2, 0.25) is 5.91 Å². The Morgan fingerprint density at radius 3 is 2.68 bits per heavy atom. The van der Waals surface area contributed by atoms with E-state index in [1.807, 2.05) is 47.2 Å². The number of carbonyl (C=O) groups excluding carboxylic acids is 2. The minimum atomic E-state index is -0.380. The van der Waals surface area contributed by atoms with E-state index in [0.29, 0.717) is 11.3 Å². The summed E-state index contributed by atoms with van der Waals surface area (Å²) in [6, 6.07) is 11.6. The van der Waals surface area contributed by atoms with Gasteiger partial charge < -0.3 is 0 Å². The monoisotopic (exact) mass is 309 g/mol. The Hall–Kier alpha value is -2.73. The molecule has 1 aromatic carbocycles. The predicted octanol–water partition coefficient (Wildman–Crippen LogP) is 2.41. The minimum absolute atomic E-state index is 0.123. The van der Waals surface area contributed by atoms with E-state index >= 15 is 0 Å². The van der Waals surface area contributed by atoms with Crippen molar-refractivity contribution in [2.24, 2.45) is 0 Å². The Bertz CT molecular complexity index is 866. The van der Waals surface area contributed by atoms with Crippen LogP contribution in [0.25, 0.3) is 16.9 Å². The third-order valence-corrected chi connectivity index (χ3v) is 4.24. The lowest BCUT2D eigenvalue weighted by Gasteiger charge is -2.11. The van der Waals surface area contributed by atoms with Crippen LogP contribution in [0, 0.1) is 0 Å². The van der Waals surface area contributed by atoms with Crippen molar-refractivity contribution in [2.75, 3.05) is 0 Å². The Kier molecular flexibility index (Phi) is 2.90. The number of imide groups is 1. The molecule has 22 heavy (non-hydrogen) atoms. The number of aromatic nitrogens is 2. The molecule has 0 bridgehead atoms. The SMILES string of the molecule is O=C1Cc2nn(-c3ccccc3)c(-c3ccsc3)c2C(=O)N1. The highest BCUT2D eigenvalue weighted by molar-refractivity contribution is 7.08. The number of carbonyl (C=O) groups is 2. The van der Waals surface area contributed by atoms with Crippen molar-refractivity contribution in [1.29, 1.82) is 0 Å². The van der Waals surface area contributed by atoms with Crippen LogP contribution in [0.4, 0.5) is 0 Å². The van der Waals surface area contributed by atoms with Crippen LogP contribution in [0.1, 0.15) is 16.1 Å². The number of fused-ring (bicyclic) bond motifs is 1. The molecule has 0 spiro atoms. The van der Waals surface area contributed by atoms with E-state index in [-0.39, 0.29) is 18.2 Å². The zero-order valence-electron chi connectivity index (χ0n) is 11.4. The first-order valence-electron chi connectivity index (χ1n) is 6.78. The first-order valence-corrected chi connectivity index (χ1v) is 7.72. The van der Waals surface area contributed by atoms with Gasteiger partial charge in [-0.15, -0.1) is 0 Å². The molecule has 1 N–H and O–H groups in total. The predicted molar refractivity (Wildman–Crippen MR) is 83.1 cm³/mol. The number of amides is 2. The largest absolute Gasteiger partial charge is 0.292 e. The van der Waals surface area contributed by atoms with Crippen LogP contribution >= 0.6 is 11.3 Å². The molecule has 0 saturated carbocycles. The van der Waals surface area contributed by atoms with E-state index in [2.05, 4.69) is 10.4 Å². The summed E-state index contributed by atoms with van der Waals surface area (Å²) in [5, 5.41) is 10.8. The van der Waals surface area contributed by atoms with Gasteiger partial charge in [-0.25, -0.2) is 4.68 Å². The fourth-order valence-corrected chi connectivity index (χ4v) is 3.27. The maximum Gasteiger partial charge on any atom is 0.262 e. The molecule has 0 saturated heterocycles. The summed E-state index contributed by atoms with van der Waals surface area (Å²) in [6.07, 6.45) is 0.123.